The van der Waals surface area contributed by atoms with Gasteiger partial charge in [0.1, 0.15) is 6.35 Å². The van der Waals surface area contributed by atoms with E-state index in [1.807, 2.05) is 6.92 Å². The van der Waals surface area contributed by atoms with E-state index in [2.05, 4.69) is 0 Å². The van der Waals surface area contributed by atoms with E-state index in [0.29, 0.717) is 6.61 Å². The first-order valence-electron chi connectivity index (χ1n) is 5.53. The maximum atomic E-state index is 11.8. The van der Waals surface area contributed by atoms with Crippen LogP contribution in [-0.4, -0.2) is 43.2 Å². The van der Waals surface area contributed by atoms with Crippen molar-refractivity contribution in [2.75, 3.05) is 19.6 Å². The SMILES string of the molecule is CCOP(C)(=O)CO[C@H]1O[C@@H](C)C(O)[C@H]1C. The molecule has 1 rings (SSSR count). The normalized spacial score (nSPS) is 38.6. The molecule has 1 heterocycles. The molecule has 1 saturated heterocycles. The van der Waals surface area contributed by atoms with Crippen LogP contribution in [0.25, 0.3) is 0 Å². The average molecular weight is 252 g/mol. The van der Waals surface area contributed by atoms with E-state index in [1.165, 1.54) is 6.66 Å². The molecule has 1 aliphatic heterocycles. The van der Waals surface area contributed by atoms with Crippen LogP contribution in [0, 0.1) is 5.92 Å². The summed E-state index contributed by atoms with van der Waals surface area (Å²) in [6.45, 7) is 7.36. The second kappa shape index (κ2) is 5.61. The second-order valence-corrected chi connectivity index (χ2v) is 6.83. The highest BCUT2D eigenvalue weighted by molar-refractivity contribution is 7.57. The minimum atomic E-state index is -2.69. The van der Waals surface area contributed by atoms with Crippen LogP contribution < -0.4 is 0 Å². The predicted octanol–water partition coefficient (Wildman–Crippen LogP) is 1.65. The lowest BCUT2D eigenvalue weighted by Gasteiger charge is -2.19. The fraction of sp³-hybridized carbons (Fsp3) is 1.00. The Kier molecular flexibility index (Phi) is 4.95. The minimum Gasteiger partial charge on any atom is -0.390 e. The minimum absolute atomic E-state index is 0.0231. The Hall–Kier alpha value is 0.0700. The monoisotopic (exact) mass is 252 g/mol. The van der Waals surface area contributed by atoms with Gasteiger partial charge in [-0.1, -0.05) is 6.92 Å². The lowest BCUT2D eigenvalue weighted by atomic mass is 10.0. The van der Waals surface area contributed by atoms with Crippen LogP contribution in [0.4, 0.5) is 0 Å². The fourth-order valence-electron chi connectivity index (χ4n) is 1.71. The highest BCUT2D eigenvalue weighted by atomic mass is 31.2. The molecule has 1 N–H and O–H groups in total. The van der Waals surface area contributed by atoms with Crippen LogP contribution in [-0.2, 0) is 18.6 Å². The molecule has 0 saturated carbocycles. The molecule has 0 bridgehead atoms. The van der Waals surface area contributed by atoms with Crippen molar-refractivity contribution in [1.29, 1.82) is 0 Å². The smallest absolute Gasteiger partial charge is 0.225 e. The standard InChI is InChI=1S/C10H21O5P/c1-5-14-16(4,12)6-13-10-7(2)9(11)8(3)15-10/h7-11H,5-6H2,1-4H3/t7-,8+,9?,10+,16?/m1/s1. The van der Waals surface area contributed by atoms with Gasteiger partial charge in [0.15, 0.2) is 6.29 Å². The van der Waals surface area contributed by atoms with E-state index in [1.54, 1.807) is 13.8 Å². The van der Waals surface area contributed by atoms with Gasteiger partial charge < -0.3 is 19.1 Å². The molecule has 0 spiro atoms. The zero-order valence-electron chi connectivity index (χ0n) is 10.3. The van der Waals surface area contributed by atoms with E-state index in [-0.39, 0.29) is 18.4 Å². The Morgan fingerprint density at radius 2 is 2.06 bits per heavy atom. The van der Waals surface area contributed by atoms with Crippen molar-refractivity contribution in [2.45, 2.75) is 39.3 Å². The molecule has 16 heavy (non-hydrogen) atoms. The van der Waals surface area contributed by atoms with Crippen molar-refractivity contribution in [3.8, 4) is 0 Å². The first-order valence-corrected chi connectivity index (χ1v) is 7.79. The topological polar surface area (TPSA) is 65.0 Å². The summed E-state index contributed by atoms with van der Waals surface area (Å²) in [5.41, 5.74) is 0. The molecule has 96 valence electrons. The summed E-state index contributed by atoms with van der Waals surface area (Å²) in [6.07, 6.45) is -1.26. The van der Waals surface area contributed by atoms with Crippen LogP contribution in [0.1, 0.15) is 20.8 Å². The zero-order chi connectivity index (χ0) is 12.3. The van der Waals surface area contributed by atoms with Gasteiger partial charge >= 0.3 is 0 Å². The predicted molar refractivity (Wildman–Crippen MR) is 60.6 cm³/mol. The third-order valence-corrected chi connectivity index (χ3v) is 4.10. The summed E-state index contributed by atoms with van der Waals surface area (Å²) in [7, 11) is -2.69. The van der Waals surface area contributed by atoms with Crippen LogP contribution in [0.15, 0.2) is 0 Å². The summed E-state index contributed by atoms with van der Waals surface area (Å²) in [6, 6.07) is 0. The molecule has 2 unspecified atom stereocenters. The van der Waals surface area contributed by atoms with Gasteiger partial charge in [-0.2, -0.15) is 0 Å². The maximum Gasteiger partial charge on any atom is 0.225 e. The van der Waals surface area contributed by atoms with E-state index in [4.69, 9.17) is 14.0 Å². The van der Waals surface area contributed by atoms with Gasteiger partial charge in [0.05, 0.1) is 18.8 Å². The Morgan fingerprint density at radius 1 is 1.44 bits per heavy atom. The van der Waals surface area contributed by atoms with Gasteiger partial charge in [-0.25, -0.2) is 0 Å². The zero-order valence-corrected chi connectivity index (χ0v) is 11.1. The van der Waals surface area contributed by atoms with Crippen molar-refractivity contribution >= 4 is 7.37 Å². The fourth-order valence-corrected chi connectivity index (χ4v) is 2.75. The largest absolute Gasteiger partial charge is 0.390 e. The molecule has 5 nitrogen and oxygen atoms in total. The van der Waals surface area contributed by atoms with Crippen molar-refractivity contribution in [1.82, 2.24) is 0 Å². The molecule has 0 aliphatic carbocycles. The van der Waals surface area contributed by atoms with E-state index in [9.17, 15) is 9.67 Å². The van der Waals surface area contributed by atoms with Gasteiger partial charge in [-0.15, -0.1) is 0 Å². The van der Waals surface area contributed by atoms with Crippen molar-refractivity contribution < 1.29 is 23.7 Å². The average Bonchev–Trinajstić information content (AvgIpc) is 2.43. The van der Waals surface area contributed by atoms with Crippen molar-refractivity contribution in [3.05, 3.63) is 0 Å². The number of hydrogen-bond acceptors (Lipinski definition) is 5. The number of hydrogen-bond donors (Lipinski definition) is 1. The number of ether oxygens (including phenoxy) is 2. The Labute approximate surface area is 96.5 Å². The van der Waals surface area contributed by atoms with Gasteiger partial charge in [0, 0.05) is 12.6 Å². The summed E-state index contributed by atoms with van der Waals surface area (Å²) in [4.78, 5) is 0. The molecule has 1 aliphatic rings. The third-order valence-electron chi connectivity index (χ3n) is 2.67. The van der Waals surface area contributed by atoms with E-state index < -0.39 is 19.8 Å². The molecule has 5 atom stereocenters. The van der Waals surface area contributed by atoms with Gasteiger partial charge in [0.25, 0.3) is 0 Å². The second-order valence-electron chi connectivity index (χ2n) is 4.29. The lowest BCUT2D eigenvalue weighted by molar-refractivity contribution is -0.133. The van der Waals surface area contributed by atoms with Gasteiger partial charge in [-0.3, -0.25) is 4.57 Å². The highest BCUT2D eigenvalue weighted by Gasteiger charge is 2.39. The summed E-state index contributed by atoms with van der Waals surface area (Å²) < 4.78 is 27.7. The Bertz CT molecular complexity index is 270. The number of aliphatic hydroxyl groups is 1. The van der Waals surface area contributed by atoms with Crippen molar-refractivity contribution in [3.63, 3.8) is 0 Å². The molecule has 0 aromatic heterocycles. The molecule has 0 radical (unpaired) electrons. The highest BCUT2D eigenvalue weighted by Crippen LogP contribution is 2.43. The number of rotatable bonds is 5. The molecular weight excluding hydrogens is 231 g/mol. The van der Waals surface area contributed by atoms with Crippen LogP contribution >= 0.6 is 7.37 Å². The Balaban J connectivity index is 2.42. The first-order chi connectivity index (χ1) is 7.37. The maximum absolute atomic E-state index is 11.8. The summed E-state index contributed by atoms with van der Waals surface area (Å²) in [5.74, 6) is -0.114. The van der Waals surface area contributed by atoms with Gasteiger partial charge in [-0.05, 0) is 13.8 Å². The van der Waals surface area contributed by atoms with Crippen LogP contribution in [0.2, 0.25) is 0 Å². The lowest BCUT2D eigenvalue weighted by Crippen LogP contribution is -2.25. The molecule has 0 aromatic carbocycles. The molecule has 0 amide bonds. The molecule has 0 aromatic rings. The van der Waals surface area contributed by atoms with Crippen LogP contribution in [0.5, 0.6) is 0 Å². The first kappa shape index (κ1) is 14.1. The third kappa shape index (κ3) is 3.54. The quantitative estimate of drug-likeness (QED) is 0.754. The summed E-state index contributed by atoms with van der Waals surface area (Å²) in [5, 5.41) is 9.66. The molecular formula is C10H21O5P. The van der Waals surface area contributed by atoms with Crippen molar-refractivity contribution in [2.24, 2.45) is 5.92 Å². The number of aliphatic hydroxyl groups excluding tert-OH is 1. The Morgan fingerprint density at radius 3 is 2.50 bits per heavy atom. The van der Waals surface area contributed by atoms with Gasteiger partial charge in [0.2, 0.25) is 7.37 Å². The van der Waals surface area contributed by atoms with E-state index in [0.717, 1.165) is 0 Å². The summed E-state index contributed by atoms with van der Waals surface area (Å²) >= 11 is 0. The molecule has 1 fully saturated rings. The molecule has 6 heteroatoms. The van der Waals surface area contributed by atoms with E-state index >= 15 is 0 Å². The van der Waals surface area contributed by atoms with Crippen LogP contribution in [0.3, 0.4) is 0 Å².